The molecule has 0 aliphatic carbocycles. The lowest BCUT2D eigenvalue weighted by Crippen LogP contribution is -2.33. The van der Waals surface area contributed by atoms with Gasteiger partial charge in [-0.1, -0.05) is 44.0 Å². The van der Waals surface area contributed by atoms with E-state index in [1.807, 2.05) is 42.8 Å². The summed E-state index contributed by atoms with van der Waals surface area (Å²) in [5.74, 6) is 0.350. The van der Waals surface area contributed by atoms with E-state index in [2.05, 4.69) is 22.1 Å². The lowest BCUT2D eigenvalue weighted by atomic mass is 10.1. The summed E-state index contributed by atoms with van der Waals surface area (Å²) in [6.07, 6.45) is 4.40. The topological polar surface area (TPSA) is 88.3 Å². The summed E-state index contributed by atoms with van der Waals surface area (Å²) in [6, 6.07) is 15.3. The molecule has 1 N–H and O–H groups in total. The van der Waals surface area contributed by atoms with Gasteiger partial charge in [0.05, 0.1) is 23.3 Å². The van der Waals surface area contributed by atoms with Gasteiger partial charge in [-0.05, 0) is 43.0 Å². The molecule has 2 heterocycles. The minimum atomic E-state index is -2.36. The summed E-state index contributed by atoms with van der Waals surface area (Å²) in [4.78, 5) is 22.2. The summed E-state index contributed by atoms with van der Waals surface area (Å²) < 4.78 is 24.5. The van der Waals surface area contributed by atoms with Gasteiger partial charge in [0.2, 0.25) is 0 Å². The van der Waals surface area contributed by atoms with Gasteiger partial charge in [0.25, 0.3) is 17.2 Å². The molecule has 0 fully saturated rings. The van der Waals surface area contributed by atoms with Gasteiger partial charge in [-0.2, -0.15) is 0 Å². The number of unbranched alkanes of at least 4 members (excludes halogenated alkanes) is 2. The lowest BCUT2D eigenvalue weighted by molar-refractivity contribution is 0.0858. The fourth-order valence-corrected chi connectivity index (χ4v) is 4.39. The number of pyridine rings is 1. The molecule has 0 bridgehead atoms. The molecule has 2 aromatic carbocycles. The van der Waals surface area contributed by atoms with Crippen LogP contribution >= 0.6 is 0 Å². The first kappa shape index (κ1) is 22.1. The predicted molar refractivity (Wildman–Crippen MR) is 127 cm³/mol. The van der Waals surface area contributed by atoms with E-state index in [1.54, 1.807) is 18.2 Å². The second-order valence-electron chi connectivity index (χ2n) is 7.82. The Morgan fingerprint density at radius 3 is 2.66 bits per heavy atom. The average Bonchev–Trinajstić information content (AvgIpc) is 3.10. The van der Waals surface area contributed by atoms with Gasteiger partial charge >= 0.3 is 0 Å². The molecule has 166 valence electrons. The number of aromatic nitrogens is 3. The lowest BCUT2D eigenvalue weighted by Gasteiger charge is -2.18. The normalized spacial score (nSPS) is 12.3. The van der Waals surface area contributed by atoms with Gasteiger partial charge in [0.15, 0.2) is 0 Å². The van der Waals surface area contributed by atoms with Crippen LogP contribution in [-0.4, -0.2) is 40.1 Å². The molecule has 4 aromatic rings. The minimum absolute atomic E-state index is 0.243. The standard InChI is InChI=1S/C24H26N4O3S/c1-3-4-7-12-28(32(30)31)24(29)19-10-11-22-23(14-19)27(17(2)26-22)16-21-13-18-8-5-6-9-20(18)15-25-21/h5-6,8-11,13-15H,3-4,7,12,16H2,1-2H3,(H,30,31). The van der Waals surface area contributed by atoms with Crippen molar-refractivity contribution in [2.24, 2.45) is 0 Å². The highest BCUT2D eigenvalue weighted by Crippen LogP contribution is 2.22. The number of carbonyl (C=O) groups is 1. The highest BCUT2D eigenvalue weighted by molar-refractivity contribution is 7.77. The zero-order valence-electron chi connectivity index (χ0n) is 18.2. The van der Waals surface area contributed by atoms with Gasteiger partial charge in [0.1, 0.15) is 5.82 Å². The third-order valence-corrected chi connectivity index (χ3v) is 6.30. The molecular formula is C24H26N4O3S. The molecule has 7 nitrogen and oxygen atoms in total. The molecule has 0 saturated carbocycles. The predicted octanol–water partition coefficient (Wildman–Crippen LogP) is 4.71. The van der Waals surface area contributed by atoms with Crippen molar-refractivity contribution in [2.75, 3.05) is 6.54 Å². The number of hydrogen-bond donors (Lipinski definition) is 1. The van der Waals surface area contributed by atoms with Crippen molar-refractivity contribution < 1.29 is 13.6 Å². The van der Waals surface area contributed by atoms with Crippen LogP contribution in [0.25, 0.3) is 21.8 Å². The van der Waals surface area contributed by atoms with Crippen molar-refractivity contribution in [3.05, 3.63) is 71.8 Å². The highest BCUT2D eigenvalue weighted by atomic mass is 32.2. The molecule has 0 spiro atoms. The summed E-state index contributed by atoms with van der Waals surface area (Å²) in [7, 11) is 0. The molecule has 0 aliphatic rings. The third kappa shape index (κ3) is 4.56. The van der Waals surface area contributed by atoms with E-state index in [0.29, 0.717) is 18.5 Å². The number of fused-ring (bicyclic) bond motifs is 2. The van der Waals surface area contributed by atoms with Crippen molar-refractivity contribution in [3.8, 4) is 0 Å². The number of imidazole rings is 1. The van der Waals surface area contributed by atoms with Crippen LogP contribution in [0.4, 0.5) is 0 Å². The number of rotatable bonds is 8. The van der Waals surface area contributed by atoms with Gasteiger partial charge in [-0.15, -0.1) is 0 Å². The Kier molecular flexibility index (Phi) is 6.62. The summed E-state index contributed by atoms with van der Waals surface area (Å²) >= 11 is -2.36. The number of aryl methyl sites for hydroxylation is 1. The fourth-order valence-electron chi connectivity index (χ4n) is 3.85. The third-order valence-electron chi connectivity index (χ3n) is 5.57. The van der Waals surface area contributed by atoms with Crippen LogP contribution in [0.3, 0.4) is 0 Å². The second kappa shape index (κ2) is 9.58. The smallest absolute Gasteiger partial charge is 0.267 e. The number of benzene rings is 2. The molecule has 32 heavy (non-hydrogen) atoms. The molecule has 8 heteroatoms. The maximum Gasteiger partial charge on any atom is 0.267 e. The molecule has 2 aromatic heterocycles. The average molecular weight is 451 g/mol. The van der Waals surface area contributed by atoms with Crippen LogP contribution in [0, 0.1) is 6.92 Å². The Morgan fingerprint density at radius 1 is 1.12 bits per heavy atom. The van der Waals surface area contributed by atoms with Gasteiger partial charge in [-0.3, -0.25) is 14.3 Å². The Bertz CT molecular complexity index is 1300. The van der Waals surface area contributed by atoms with Crippen molar-refractivity contribution in [1.82, 2.24) is 18.8 Å². The zero-order valence-corrected chi connectivity index (χ0v) is 19.0. The number of hydrogen-bond acceptors (Lipinski definition) is 4. The van der Waals surface area contributed by atoms with Crippen molar-refractivity contribution in [2.45, 2.75) is 39.7 Å². The van der Waals surface area contributed by atoms with E-state index in [9.17, 15) is 13.6 Å². The molecule has 1 unspecified atom stereocenters. The first-order valence-electron chi connectivity index (χ1n) is 10.7. The van der Waals surface area contributed by atoms with E-state index < -0.39 is 17.2 Å². The molecule has 0 saturated heterocycles. The summed E-state index contributed by atoms with van der Waals surface area (Å²) in [6.45, 7) is 4.72. The largest absolute Gasteiger partial charge is 0.322 e. The maximum atomic E-state index is 13.0. The SMILES string of the molecule is CCCCCN(C(=O)c1ccc2nc(C)n(Cc3cc4ccccc4cn3)c2c1)S(=O)O. The summed E-state index contributed by atoms with van der Waals surface area (Å²) in [5.41, 5.74) is 2.81. The second-order valence-corrected chi connectivity index (χ2v) is 8.72. The molecule has 1 atom stereocenters. The number of carbonyl (C=O) groups excluding carboxylic acids is 1. The number of amides is 1. The quantitative estimate of drug-likeness (QED) is 0.310. The maximum absolute atomic E-state index is 13.0. The van der Waals surface area contributed by atoms with Crippen molar-refractivity contribution in [1.29, 1.82) is 0 Å². The van der Waals surface area contributed by atoms with Crippen molar-refractivity contribution in [3.63, 3.8) is 0 Å². The van der Waals surface area contributed by atoms with Crippen LogP contribution in [0.1, 0.15) is 48.1 Å². The van der Waals surface area contributed by atoms with Crippen LogP contribution in [0.15, 0.2) is 54.7 Å². The highest BCUT2D eigenvalue weighted by Gasteiger charge is 2.21. The van der Waals surface area contributed by atoms with Crippen LogP contribution in [0.2, 0.25) is 0 Å². The van der Waals surface area contributed by atoms with E-state index >= 15 is 0 Å². The number of nitrogens with zero attached hydrogens (tertiary/aromatic N) is 4. The van der Waals surface area contributed by atoms with Crippen molar-refractivity contribution >= 4 is 39.0 Å². The Morgan fingerprint density at radius 2 is 1.91 bits per heavy atom. The zero-order chi connectivity index (χ0) is 22.7. The summed E-state index contributed by atoms with van der Waals surface area (Å²) in [5, 5.41) is 2.19. The Hall–Kier alpha value is -3.10. The van der Waals surface area contributed by atoms with Gasteiger partial charge in [-0.25, -0.2) is 13.5 Å². The molecule has 0 aliphatic heterocycles. The molecule has 0 radical (unpaired) electrons. The monoisotopic (exact) mass is 450 g/mol. The Balaban J connectivity index is 1.66. The Labute approximate surface area is 189 Å². The van der Waals surface area contributed by atoms with Crippen LogP contribution < -0.4 is 0 Å². The van der Waals surface area contributed by atoms with Gasteiger partial charge < -0.3 is 4.57 Å². The minimum Gasteiger partial charge on any atom is -0.322 e. The molecule has 4 rings (SSSR count). The molecule has 1 amide bonds. The van der Waals surface area contributed by atoms with Crippen LogP contribution in [0.5, 0.6) is 0 Å². The van der Waals surface area contributed by atoms with E-state index in [-0.39, 0.29) is 6.54 Å². The van der Waals surface area contributed by atoms with E-state index in [4.69, 9.17) is 0 Å². The van der Waals surface area contributed by atoms with Gasteiger partial charge in [0, 0.05) is 23.7 Å². The van der Waals surface area contributed by atoms with E-state index in [1.165, 1.54) is 0 Å². The first-order chi connectivity index (χ1) is 15.5. The van der Waals surface area contributed by atoms with Crippen LogP contribution in [-0.2, 0) is 17.8 Å². The van der Waals surface area contributed by atoms with E-state index in [0.717, 1.165) is 50.5 Å². The first-order valence-corrected chi connectivity index (χ1v) is 11.8. The fraction of sp³-hybridized carbons (Fsp3) is 0.292. The molecular weight excluding hydrogens is 424 g/mol.